The van der Waals surface area contributed by atoms with Gasteiger partial charge in [0, 0.05) is 6.54 Å². The molecule has 0 atom stereocenters. The van der Waals surface area contributed by atoms with Crippen molar-refractivity contribution in [3.8, 4) is 23.0 Å². The maximum Gasteiger partial charge on any atom is 0.257 e. The average molecular weight is 387 g/mol. The number of hydrogen-bond donors (Lipinski definition) is 1. The molecule has 28 heavy (non-hydrogen) atoms. The summed E-state index contributed by atoms with van der Waals surface area (Å²) in [5.41, 5.74) is 2.13. The molecule has 0 saturated carbocycles. The molecular formula is C22H29NO5. The Kier molecular flexibility index (Phi) is 8.46. The van der Waals surface area contributed by atoms with Crippen LogP contribution < -0.4 is 24.3 Å². The van der Waals surface area contributed by atoms with E-state index in [-0.39, 0.29) is 12.5 Å². The molecule has 0 aromatic heterocycles. The summed E-state index contributed by atoms with van der Waals surface area (Å²) in [7, 11) is 1.58. The van der Waals surface area contributed by atoms with Crippen molar-refractivity contribution in [3.05, 3.63) is 47.5 Å². The van der Waals surface area contributed by atoms with Crippen LogP contribution in [0.1, 0.15) is 25.0 Å². The Balaban J connectivity index is 1.83. The van der Waals surface area contributed by atoms with Crippen molar-refractivity contribution in [1.29, 1.82) is 0 Å². The summed E-state index contributed by atoms with van der Waals surface area (Å²) in [5, 5.41) is 2.86. The van der Waals surface area contributed by atoms with Gasteiger partial charge in [-0.2, -0.15) is 0 Å². The van der Waals surface area contributed by atoms with Crippen LogP contribution in [0.5, 0.6) is 23.0 Å². The molecule has 0 fully saturated rings. The quantitative estimate of drug-likeness (QED) is 0.639. The number of nitrogens with one attached hydrogen (secondary N) is 1. The zero-order valence-corrected chi connectivity index (χ0v) is 17.0. The monoisotopic (exact) mass is 387 g/mol. The van der Waals surface area contributed by atoms with Gasteiger partial charge < -0.3 is 24.3 Å². The zero-order chi connectivity index (χ0) is 20.4. The Morgan fingerprint density at radius 3 is 2.29 bits per heavy atom. The lowest BCUT2D eigenvalue weighted by Gasteiger charge is -2.13. The minimum Gasteiger partial charge on any atom is -0.493 e. The van der Waals surface area contributed by atoms with Crippen LogP contribution >= 0.6 is 0 Å². The van der Waals surface area contributed by atoms with E-state index in [0.717, 1.165) is 22.6 Å². The van der Waals surface area contributed by atoms with Gasteiger partial charge in [0.15, 0.2) is 29.6 Å². The highest BCUT2D eigenvalue weighted by Gasteiger charge is 2.09. The van der Waals surface area contributed by atoms with Crippen molar-refractivity contribution in [2.45, 2.75) is 27.2 Å². The Morgan fingerprint density at radius 1 is 0.893 bits per heavy atom. The molecule has 0 aliphatic carbocycles. The maximum absolute atomic E-state index is 12.1. The molecular weight excluding hydrogens is 358 g/mol. The maximum atomic E-state index is 12.1. The van der Waals surface area contributed by atoms with Gasteiger partial charge in [0.25, 0.3) is 5.91 Å². The molecule has 0 aliphatic rings. The lowest BCUT2D eigenvalue weighted by molar-refractivity contribution is -0.123. The Labute approximate surface area is 166 Å². The molecule has 0 spiro atoms. The molecule has 1 N–H and O–H groups in total. The van der Waals surface area contributed by atoms with Crippen molar-refractivity contribution in [2.24, 2.45) is 0 Å². The highest BCUT2D eigenvalue weighted by atomic mass is 16.5. The molecule has 2 aromatic carbocycles. The van der Waals surface area contributed by atoms with Gasteiger partial charge >= 0.3 is 0 Å². The van der Waals surface area contributed by atoms with Crippen molar-refractivity contribution in [3.63, 3.8) is 0 Å². The van der Waals surface area contributed by atoms with Crippen LogP contribution in [0.25, 0.3) is 0 Å². The zero-order valence-electron chi connectivity index (χ0n) is 17.0. The smallest absolute Gasteiger partial charge is 0.257 e. The third-order valence-corrected chi connectivity index (χ3v) is 4.02. The molecule has 6 nitrogen and oxygen atoms in total. The van der Waals surface area contributed by atoms with Crippen molar-refractivity contribution < 1.29 is 23.7 Å². The summed E-state index contributed by atoms with van der Waals surface area (Å²) in [6.45, 7) is 7.44. The highest BCUT2D eigenvalue weighted by Crippen LogP contribution is 2.29. The van der Waals surface area contributed by atoms with Gasteiger partial charge in [0.05, 0.1) is 20.3 Å². The van der Waals surface area contributed by atoms with Crippen LogP contribution in [-0.2, 0) is 11.2 Å². The van der Waals surface area contributed by atoms with E-state index in [1.165, 1.54) is 0 Å². The second kappa shape index (κ2) is 11.1. The summed E-state index contributed by atoms with van der Waals surface area (Å²) in [6.07, 6.45) is 0.687. The van der Waals surface area contributed by atoms with E-state index in [1.807, 2.05) is 51.1 Å². The number of hydrogen-bond acceptors (Lipinski definition) is 5. The summed E-state index contributed by atoms with van der Waals surface area (Å²) in [6, 6.07) is 11.4. The molecule has 6 heteroatoms. The summed E-state index contributed by atoms with van der Waals surface area (Å²) < 4.78 is 22.0. The van der Waals surface area contributed by atoms with Gasteiger partial charge in [-0.05, 0) is 62.6 Å². The van der Waals surface area contributed by atoms with E-state index >= 15 is 0 Å². The van der Waals surface area contributed by atoms with Crippen LogP contribution in [0.3, 0.4) is 0 Å². The van der Waals surface area contributed by atoms with Gasteiger partial charge in [0.1, 0.15) is 0 Å². The van der Waals surface area contributed by atoms with Gasteiger partial charge in [-0.25, -0.2) is 0 Å². The van der Waals surface area contributed by atoms with Crippen LogP contribution in [0.15, 0.2) is 36.4 Å². The average Bonchev–Trinajstić information content (AvgIpc) is 2.69. The molecule has 0 aliphatic heterocycles. The molecule has 1 amide bonds. The second-order valence-corrected chi connectivity index (χ2v) is 6.19. The SMILES string of the molecule is CCOc1ccc(CCNC(=O)COc2ccc(C)cc2OC)cc1OCC. The molecule has 0 bridgehead atoms. The fourth-order valence-corrected chi connectivity index (χ4v) is 2.69. The standard InChI is InChI=1S/C22H29NO5/c1-5-26-19-10-8-17(14-21(19)27-6-2)11-12-23-22(24)15-28-18-9-7-16(3)13-20(18)25-4/h7-10,13-14H,5-6,11-12,15H2,1-4H3,(H,23,24). The van der Waals surface area contributed by atoms with Crippen molar-refractivity contribution >= 4 is 5.91 Å². The fraction of sp³-hybridized carbons (Fsp3) is 0.409. The molecule has 0 saturated heterocycles. The van der Waals surface area contributed by atoms with Gasteiger partial charge in [-0.3, -0.25) is 4.79 Å². The first-order chi connectivity index (χ1) is 13.6. The summed E-state index contributed by atoms with van der Waals surface area (Å²) in [4.78, 5) is 12.1. The number of carbonyl (C=O) groups excluding carboxylic acids is 1. The van der Waals surface area contributed by atoms with Crippen molar-refractivity contribution in [1.82, 2.24) is 5.32 Å². The first-order valence-corrected chi connectivity index (χ1v) is 9.50. The number of aryl methyl sites for hydroxylation is 1. The fourth-order valence-electron chi connectivity index (χ4n) is 2.69. The number of ether oxygens (including phenoxy) is 4. The number of rotatable bonds is 11. The van der Waals surface area contributed by atoms with E-state index in [4.69, 9.17) is 18.9 Å². The predicted molar refractivity (Wildman–Crippen MR) is 109 cm³/mol. The van der Waals surface area contributed by atoms with Gasteiger partial charge in [0.2, 0.25) is 0 Å². The molecule has 0 heterocycles. The van der Waals surface area contributed by atoms with E-state index in [0.29, 0.717) is 37.7 Å². The van der Waals surface area contributed by atoms with Gasteiger partial charge in [-0.1, -0.05) is 12.1 Å². The van der Waals surface area contributed by atoms with Gasteiger partial charge in [-0.15, -0.1) is 0 Å². The number of methoxy groups -OCH3 is 1. The minimum absolute atomic E-state index is 0.0626. The first-order valence-electron chi connectivity index (χ1n) is 9.50. The number of carbonyl (C=O) groups is 1. The van der Waals surface area contributed by atoms with Crippen LogP contribution in [0.4, 0.5) is 0 Å². The first kappa shape index (κ1) is 21.4. The highest BCUT2D eigenvalue weighted by molar-refractivity contribution is 5.77. The molecule has 152 valence electrons. The number of amides is 1. The van der Waals surface area contributed by atoms with Crippen LogP contribution in [0.2, 0.25) is 0 Å². The van der Waals surface area contributed by atoms with E-state index in [9.17, 15) is 4.79 Å². The third-order valence-electron chi connectivity index (χ3n) is 4.02. The predicted octanol–water partition coefficient (Wildman–Crippen LogP) is 3.54. The Hall–Kier alpha value is -2.89. The Morgan fingerprint density at radius 2 is 1.57 bits per heavy atom. The van der Waals surface area contributed by atoms with E-state index in [1.54, 1.807) is 13.2 Å². The van der Waals surface area contributed by atoms with Crippen LogP contribution in [-0.4, -0.2) is 39.4 Å². The third kappa shape index (κ3) is 6.37. The van der Waals surface area contributed by atoms with Crippen molar-refractivity contribution in [2.75, 3.05) is 33.5 Å². The summed E-state index contributed by atoms with van der Waals surface area (Å²) >= 11 is 0. The molecule has 2 aromatic rings. The van der Waals surface area contributed by atoms with E-state index in [2.05, 4.69) is 5.32 Å². The normalized spacial score (nSPS) is 10.3. The number of benzene rings is 2. The lowest BCUT2D eigenvalue weighted by Crippen LogP contribution is -2.30. The summed E-state index contributed by atoms with van der Waals surface area (Å²) in [5.74, 6) is 2.45. The molecule has 2 rings (SSSR count). The molecule has 0 unspecified atom stereocenters. The Bertz CT molecular complexity index is 776. The lowest BCUT2D eigenvalue weighted by atomic mass is 10.1. The van der Waals surface area contributed by atoms with E-state index < -0.39 is 0 Å². The van der Waals surface area contributed by atoms with Crippen LogP contribution in [0, 0.1) is 6.92 Å². The largest absolute Gasteiger partial charge is 0.493 e. The minimum atomic E-state index is -0.182. The molecule has 0 radical (unpaired) electrons. The topological polar surface area (TPSA) is 66.0 Å². The second-order valence-electron chi connectivity index (χ2n) is 6.19.